The number of aryl methyl sites for hydroxylation is 2. The van der Waals surface area contributed by atoms with E-state index in [2.05, 4.69) is 57.5 Å². The van der Waals surface area contributed by atoms with Crippen LogP contribution >= 0.6 is 15.9 Å². The largest absolute Gasteiger partial charge is 0.305 e. The molecule has 0 fully saturated rings. The van der Waals surface area contributed by atoms with Crippen LogP contribution in [0.2, 0.25) is 0 Å². The molecule has 0 amide bonds. The third-order valence-electron chi connectivity index (χ3n) is 3.04. The van der Waals surface area contributed by atoms with Crippen molar-refractivity contribution in [3.63, 3.8) is 0 Å². The van der Waals surface area contributed by atoms with Crippen molar-refractivity contribution in [1.82, 2.24) is 15.1 Å². The van der Waals surface area contributed by atoms with Crippen LogP contribution < -0.4 is 5.32 Å². The normalized spacial score (nSPS) is 12.7. The Bertz CT molecular complexity index is 534. The Morgan fingerprint density at radius 3 is 2.78 bits per heavy atom. The van der Waals surface area contributed by atoms with Crippen molar-refractivity contribution in [1.29, 1.82) is 0 Å². The minimum absolute atomic E-state index is 0.317. The first kappa shape index (κ1) is 13.3. The molecule has 0 bridgehead atoms. The van der Waals surface area contributed by atoms with Crippen LogP contribution in [0.15, 0.2) is 34.8 Å². The molecule has 0 saturated heterocycles. The lowest BCUT2D eigenvalue weighted by atomic mass is 10.1. The molecule has 1 aromatic heterocycles. The summed E-state index contributed by atoms with van der Waals surface area (Å²) in [5.41, 5.74) is 3.54. The number of halogens is 1. The van der Waals surface area contributed by atoms with Crippen molar-refractivity contribution < 1.29 is 0 Å². The van der Waals surface area contributed by atoms with Crippen LogP contribution in [0.3, 0.4) is 0 Å². The Labute approximate surface area is 116 Å². The highest BCUT2D eigenvalue weighted by atomic mass is 79.9. The van der Waals surface area contributed by atoms with E-state index < -0.39 is 0 Å². The number of hydrogen-bond donors (Lipinski definition) is 1. The summed E-state index contributed by atoms with van der Waals surface area (Å²) in [6.07, 6.45) is 0. The molecule has 0 aliphatic rings. The average molecular weight is 308 g/mol. The Morgan fingerprint density at radius 1 is 1.39 bits per heavy atom. The third kappa shape index (κ3) is 3.21. The van der Waals surface area contributed by atoms with E-state index >= 15 is 0 Å². The van der Waals surface area contributed by atoms with Crippen LogP contribution in [0, 0.1) is 6.92 Å². The number of nitrogens with zero attached hydrogens (tertiary/aromatic N) is 2. The number of nitrogens with one attached hydrogen (secondary N) is 1. The summed E-state index contributed by atoms with van der Waals surface area (Å²) in [7, 11) is 1.98. The molecule has 3 nitrogen and oxygen atoms in total. The molecule has 1 N–H and O–H groups in total. The molecule has 0 unspecified atom stereocenters. The molecular formula is C14H18BrN3. The quantitative estimate of drug-likeness (QED) is 0.939. The fourth-order valence-electron chi connectivity index (χ4n) is 1.98. The first-order chi connectivity index (χ1) is 8.56. The summed E-state index contributed by atoms with van der Waals surface area (Å²) in [4.78, 5) is 0. The predicted molar refractivity (Wildman–Crippen MR) is 77.3 cm³/mol. The first-order valence-electron chi connectivity index (χ1n) is 6.04. The highest BCUT2D eigenvalue weighted by molar-refractivity contribution is 9.10. The summed E-state index contributed by atoms with van der Waals surface area (Å²) in [6, 6.07) is 10.8. The van der Waals surface area contributed by atoms with Crippen LogP contribution in [0.25, 0.3) is 0 Å². The van der Waals surface area contributed by atoms with Crippen molar-refractivity contribution in [3.8, 4) is 0 Å². The monoisotopic (exact) mass is 307 g/mol. The number of benzene rings is 1. The summed E-state index contributed by atoms with van der Waals surface area (Å²) in [6.45, 7) is 5.01. The smallest absolute Gasteiger partial charge is 0.0597 e. The van der Waals surface area contributed by atoms with Gasteiger partial charge in [-0.2, -0.15) is 5.10 Å². The Morgan fingerprint density at radius 2 is 2.17 bits per heavy atom. The number of aromatic nitrogens is 2. The molecule has 4 heteroatoms. The SMILES string of the molecule is Cc1cc(CN[C@H](C)c2cccc(Br)c2)n(C)n1. The standard InChI is InChI=1S/C14H18BrN3/c1-10-7-14(18(3)17-10)9-16-11(2)12-5-4-6-13(15)8-12/h4-8,11,16H,9H2,1-3H3/t11-/m1/s1. The molecule has 2 rings (SSSR count). The van der Waals surface area contributed by atoms with E-state index in [0.29, 0.717) is 6.04 Å². The summed E-state index contributed by atoms with van der Waals surface area (Å²) in [5.74, 6) is 0. The van der Waals surface area contributed by atoms with Gasteiger partial charge < -0.3 is 5.32 Å². The first-order valence-corrected chi connectivity index (χ1v) is 6.84. The molecule has 2 aromatic rings. The van der Waals surface area contributed by atoms with Gasteiger partial charge >= 0.3 is 0 Å². The summed E-state index contributed by atoms with van der Waals surface area (Å²) >= 11 is 3.50. The van der Waals surface area contributed by atoms with Crippen molar-refractivity contribution >= 4 is 15.9 Å². The highest BCUT2D eigenvalue weighted by Crippen LogP contribution is 2.18. The van der Waals surface area contributed by atoms with Gasteiger partial charge in [-0.05, 0) is 37.6 Å². The van der Waals surface area contributed by atoms with Gasteiger partial charge in [0.25, 0.3) is 0 Å². The molecule has 18 heavy (non-hydrogen) atoms. The topological polar surface area (TPSA) is 29.9 Å². The number of rotatable bonds is 4. The molecule has 1 atom stereocenters. The van der Waals surface area contributed by atoms with Crippen molar-refractivity contribution in [2.45, 2.75) is 26.4 Å². The lowest BCUT2D eigenvalue weighted by Gasteiger charge is -2.14. The van der Waals surface area contributed by atoms with Gasteiger partial charge in [0.1, 0.15) is 0 Å². The Kier molecular flexibility index (Phi) is 4.19. The minimum atomic E-state index is 0.317. The molecule has 1 aromatic carbocycles. The van der Waals surface area contributed by atoms with Gasteiger partial charge in [-0.25, -0.2) is 0 Å². The van der Waals surface area contributed by atoms with Gasteiger partial charge in [-0.15, -0.1) is 0 Å². The molecule has 0 saturated carbocycles. The molecule has 0 aliphatic heterocycles. The van der Waals surface area contributed by atoms with E-state index in [9.17, 15) is 0 Å². The van der Waals surface area contributed by atoms with Crippen molar-refractivity contribution in [2.75, 3.05) is 0 Å². The van der Waals surface area contributed by atoms with E-state index in [0.717, 1.165) is 16.7 Å². The van der Waals surface area contributed by atoms with Crippen molar-refractivity contribution in [3.05, 3.63) is 51.8 Å². The highest BCUT2D eigenvalue weighted by Gasteiger charge is 2.07. The van der Waals surface area contributed by atoms with Crippen LogP contribution in [-0.4, -0.2) is 9.78 Å². The molecule has 96 valence electrons. The van der Waals surface area contributed by atoms with Gasteiger partial charge in [0.05, 0.1) is 11.4 Å². The van der Waals surface area contributed by atoms with Gasteiger partial charge in [-0.3, -0.25) is 4.68 Å². The Hall–Kier alpha value is -1.13. The minimum Gasteiger partial charge on any atom is -0.305 e. The molecule has 1 heterocycles. The van der Waals surface area contributed by atoms with Crippen LogP contribution in [0.5, 0.6) is 0 Å². The zero-order chi connectivity index (χ0) is 13.1. The fourth-order valence-corrected chi connectivity index (χ4v) is 2.40. The van der Waals surface area contributed by atoms with E-state index in [1.54, 1.807) is 0 Å². The summed E-state index contributed by atoms with van der Waals surface area (Å²) < 4.78 is 3.04. The van der Waals surface area contributed by atoms with E-state index in [4.69, 9.17) is 0 Å². The molecule has 0 aliphatic carbocycles. The molecular weight excluding hydrogens is 290 g/mol. The maximum Gasteiger partial charge on any atom is 0.0597 e. The molecule has 0 spiro atoms. The van der Waals surface area contributed by atoms with Crippen molar-refractivity contribution in [2.24, 2.45) is 7.05 Å². The maximum absolute atomic E-state index is 4.35. The van der Waals surface area contributed by atoms with Gasteiger partial charge in [0.2, 0.25) is 0 Å². The zero-order valence-electron chi connectivity index (χ0n) is 10.9. The molecule has 0 radical (unpaired) electrons. The Balaban J connectivity index is 2.00. The third-order valence-corrected chi connectivity index (χ3v) is 3.53. The second kappa shape index (κ2) is 5.67. The van der Waals surface area contributed by atoms with Crippen LogP contribution in [0.1, 0.15) is 29.9 Å². The van der Waals surface area contributed by atoms with E-state index in [1.165, 1.54) is 11.3 Å². The van der Waals surface area contributed by atoms with Gasteiger partial charge in [-0.1, -0.05) is 28.1 Å². The maximum atomic E-state index is 4.35. The second-order valence-corrected chi connectivity index (χ2v) is 5.47. The summed E-state index contributed by atoms with van der Waals surface area (Å²) in [5, 5.41) is 7.86. The van der Waals surface area contributed by atoms with Gasteiger partial charge in [0.15, 0.2) is 0 Å². The van der Waals surface area contributed by atoms with E-state index in [1.807, 2.05) is 24.7 Å². The van der Waals surface area contributed by atoms with Gasteiger partial charge in [0, 0.05) is 24.1 Å². The van der Waals surface area contributed by atoms with Crippen LogP contribution in [-0.2, 0) is 13.6 Å². The average Bonchev–Trinajstić information content (AvgIpc) is 2.65. The zero-order valence-corrected chi connectivity index (χ0v) is 12.5. The number of hydrogen-bond acceptors (Lipinski definition) is 2. The lowest BCUT2D eigenvalue weighted by molar-refractivity contribution is 0.548. The lowest BCUT2D eigenvalue weighted by Crippen LogP contribution is -2.19. The van der Waals surface area contributed by atoms with E-state index in [-0.39, 0.29) is 0 Å². The predicted octanol–water partition coefficient (Wildman–Crippen LogP) is 3.34. The fraction of sp³-hybridized carbons (Fsp3) is 0.357. The second-order valence-electron chi connectivity index (χ2n) is 4.56. The van der Waals surface area contributed by atoms with Crippen LogP contribution in [0.4, 0.5) is 0 Å².